The van der Waals surface area contributed by atoms with E-state index >= 15 is 0 Å². The Morgan fingerprint density at radius 1 is 1.30 bits per heavy atom. The SMILES string of the molecule is CCNc1cc(C)nc(CN(CC(F)(F)F)C(C)C)n1. The lowest BCUT2D eigenvalue weighted by atomic mass is 10.3. The van der Waals surface area contributed by atoms with Crippen LogP contribution in [0.5, 0.6) is 0 Å². The number of anilines is 1. The summed E-state index contributed by atoms with van der Waals surface area (Å²) in [7, 11) is 0. The van der Waals surface area contributed by atoms with Crippen molar-refractivity contribution in [1.29, 1.82) is 0 Å². The van der Waals surface area contributed by atoms with E-state index in [2.05, 4.69) is 15.3 Å². The fourth-order valence-electron chi connectivity index (χ4n) is 1.81. The number of aryl methyl sites for hydroxylation is 1. The summed E-state index contributed by atoms with van der Waals surface area (Å²) in [6.07, 6.45) is -4.22. The lowest BCUT2D eigenvalue weighted by molar-refractivity contribution is -0.151. The van der Waals surface area contributed by atoms with Gasteiger partial charge in [-0.15, -0.1) is 0 Å². The minimum atomic E-state index is -4.22. The molecule has 0 aliphatic heterocycles. The average Bonchev–Trinajstić information content (AvgIpc) is 2.25. The Hall–Kier alpha value is -1.37. The van der Waals surface area contributed by atoms with Crippen LogP contribution in [0.3, 0.4) is 0 Å². The largest absolute Gasteiger partial charge is 0.401 e. The second-order valence-corrected chi connectivity index (χ2v) is 4.96. The standard InChI is InChI=1S/C13H21F3N4/c1-5-17-11-6-10(4)18-12(19-11)7-20(9(2)3)8-13(14,15)16/h6,9H,5,7-8H2,1-4H3,(H,17,18,19). The van der Waals surface area contributed by atoms with Crippen LogP contribution in [0.15, 0.2) is 6.07 Å². The van der Waals surface area contributed by atoms with Crippen LogP contribution >= 0.6 is 0 Å². The van der Waals surface area contributed by atoms with Gasteiger partial charge in [-0.3, -0.25) is 4.90 Å². The van der Waals surface area contributed by atoms with Crippen molar-refractivity contribution in [3.8, 4) is 0 Å². The quantitative estimate of drug-likeness (QED) is 0.874. The molecule has 0 saturated heterocycles. The molecule has 0 atom stereocenters. The Labute approximate surface area is 117 Å². The second kappa shape index (κ2) is 6.88. The van der Waals surface area contributed by atoms with Gasteiger partial charge in [0.2, 0.25) is 0 Å². The fourth-order valence-corrected chi connectivity index (χ4v) is 1.81. The Bertz CT molecular complexity index is 432. The average molecular weight is 290 g/mol. The van der Waals surface area contributed by atoms with Gasteiger partial charge in [-0.25, -0.2) is 9.97 Å². The number of halogens is 3. The van der Waals surface area contributed by atoms with Crippen LogP contribution in [0.4, 0.5) is 19.0 Å². The number of rotatable bonds is 6. The van der Waals surface area contributed by atoms with Crippen molar-refractivity contribution in [2.45, 2.75) is 46.5 Å². The van der Waals surface area contributed by atoms with Crippen molar-refractivity contribution in [1.82, 2.24) is 14.9 Å². The lowest BCUT2D eigenvalue weighted by Crippen LogP contribution is -2.39. The van der Waals surface area contributed by atoms with Crippen LogP contribution in [0.2, 0.25) is 0 Å². The van der Waals surface area contributed by atoms with Crippen molar-refractivity contribution in [2.24, 2.45) is 0 Å². The van der Waals surface area contributed by atoms with Crippen LogP contribution in [-0.2, 0) is 6.54 Å². The van der Waals surface area contributed by atoms with Crippen molar-refractivity contribution in [3.63, 3.8) is 0 Å². The highest BCUT2D eigenvalue weighted by Crippen LogP contribution is 2.19. The first kappa shape index (κ1) is 16.7. The maximum atomic E-state index is 12.6. The van der Waals surface area contributed by atoms with Crippen LogP contribution in [0, 0.1) is 6.92 Å². The molecule has 0 fully saturated rings. The van der Waals surface area contributed by atoms with Gasteiger partial charge in [0.25, 0.3) is 0 Å². The molecule has 4 nitrogen and oxygen atoms in total. The van der Waals surface area contributed by atoms with Crippen LogP contribution < -0.4 is 5.32 Å². The molecule has 0 aliphatic carbocycles. The Morgan fingerprint density at radius 3 is 2.45 bits per heavy atom. The van der Waals surface area contributed by atoms with E-state index in [4.69, 9.17) is 0 Å². The van der Waals surface area contributed by atoms with Gasteiger partial charge in [-0.1, -0.05) is 0 Å². The molecular formula is C13H21F3N4. The first-order valence-corrected chi connectivity index (χ1v) is 6.60. The zero-order chi connectivity index (χ0) is 15.3. The Morgan fingerprint density at radius 2 is 1.95 bits per heavy atom. The molecule has 1 aromatic rings. The smallest absolute Gasteiger partial charge is 0.370 e. The number of hydrogen-bond acceptors (Lipinski definition) is 4. The van der Waals surface area contributed by atoms with Gasteiger partial charge in [0, 0.05) is 24.3 Å². The van der Waals surface area contributed by atoms with Gasteiger partial charge in [0.1, 0.15) is 11.6 Å². The molecule has 1 rings (SSSR count). The van der Waals surface area contributed by atoms with Gasteiger partial charge in [0.15, 0.2) is 0 Å². The van der Waals surface area contributed by atoms with Crippen LogP contribution in [0.25, 0.3) is 0 Å². The molecule has 0 aliphatic rings. The molecule has 0 saturated carbocycles. The molecule has 7 heteroatoms. The second-order valence-electron chi connectivity index (χ2n) is 4.96. The van der Waals surface area contributed by atoms with Gasteiger partial charge < -0.3 is 5.32 Å². The summed E-state index contributed by atoms with van der Waals surface area (Å²) in [4.78, 5) is 9.76. The number of nitrogens with zero attached hydrogens (tertiary/aromatic N) is 3. The topological polar surface area (TPSA) is 41.1 Å². The summed E-state index contributed by atoms with van der Waals surface area (Å²) < 4.78 is 37.7. The minimum absolute atomic E-state index is 0.0806. The highest BCUT2D eigenvalue weighted by atomic mass is 19.4. The van der Waals surface area contributed by atoms with E-state index in [1.807, 2.05) is 6.92 Å². The third-order valence-corrected chi connectivity index (χ3v) is 2.72. The monoisotopic (exact) mass is 290 g/mol. The molecule has 0 amide bonds. The highest BCUT2D eigenvalue weighted by molar-refractivity contribution is 5.35. The molecule has 20 heavy (non-hydrogen) atoms. The summed E-state index contributed by atoms with van der Waals surface area (Å²) >= 11 is 0. The van der Waals surface area contributed by atoms with E-state index in [1.54, 1.807) is 26.8 Å². The van der Waals surface area contributed by atoms with Crippen molar-refractivity contribution in [3.05, 3.63) is 17.6 Å². The first-order chi connectivity index (χ1) is 9.21. The summed E-state index contributed by atoms with van der Waals surface area (Å²) in [5.41, 5.74) is 0.738. The number of nitrogens with one attached hydrogen (secondary N) is 1. The normalized spacial score (nSPS) is 12.2. The van der Waals surface area contributed by atoms with Crippen molar-refractivity contribution >= 4 is 5.82 Å². The zero-order valence-corrected chi connectivity index (χ0v) is 12.3. The van der Waals surface area contributed by atoms with Crippen LogP contribution in [-0.4, -0.2) is 40.2 Å². The molecular weight excluding hydrogens is 269 g/mol. The Kier molecular flexibility index (Phi) is 5.74. The first-order valence-electron chi connectivity index (χ1n) is 6.60. The third-order valence-electron chi connectivity index (χ3n) is 2.72. The molecule has 0 unspecified atom stereocenters. The highest BCUT2D eigenvalue weighted by Gasteiger charge is 2.32. The zero-order valence-electron chi connectivity index (χ0n) is 12.3. The summed E-state index contributed by atoms with van der Waals surface area (Å²) in [6, 6.07) is 1.54. The maximum Gasteiger partial charge on any atom is 0.401 e. The molecule has 1 aromatic heterocycles. The number of alkyl halides is 3. The maximum absolute atomic E-state index is 12.6. The third kappa shape index (κ3) is 5.73. The number of hydrogen-bond donors (Lipinski definition) is 1. The van der Waals surface area contributed by atoms with Crippen molar-refractivity contribution in [2.75, 3.05) is 18.4 Å². The van der Waals surface area contributed by atoms with Gasteiger partial charge in [-0.05, 0) is 27.7 Å². The van der Waals surface area contributed by atoms with E-state index in [9.17, 15) is 13.2 Å². The van der Waals surface area contributed by atoms with Crippen LogP contribution in [0.1, 0.15) is 32.3 Å². The van der Waals surface area contributed by atoms with Gasteiger partial charge in [-0.2, -0.15) is 13.2 Å². The summed E-state index contributed by atoms with van der Waals surface area (Å²) in [6.45, 7) is 7.01. The predicted molar refractivity (Wildman–Crippen MR) is 72.5 cm³/mol. The van der Waals surface area contributed by atoms with E-state index in [0.717, 1.165) is 5.69 Å². The molecule has 0 bridgehead atoms. The van der Waals surface area contributed by atoms with Gasteiger partial charge in [0.05, 0.1) is 13.1 Å². The molecule has 114 valence electrons. The fraction of sp³-hybridized carbons (Fsp3) is 0.692. The van der Waals surface area contributed by atoms with E-state index in [0.29, 0.717) is 18.2 Å². The molecule has 0 aromatic carbocycles. The molecule has 1 N–H and O–H groups in total. The predicted octanol–water partition coefficient (Wildman–Crippen LogP) is 2.99. The van der Waals surface area contributed by atoms with Crippen molar-refractivity contribution < 1.29 is 13.2 Å². The summed E-state index contributed by atoms with van der Waals surface area (Å²) in [5.74, 6) is 1.05. The molecule has 0 spiro atoms. The van der Waals surface area contributed by atoms with E-state index in [1.165, 1.54) is 4.90 Å². The van der Waals surface area contributed by atoms with Gasteiger partial charge >= 0.3 is 6.18 Å². The molecule has 1 heterocycles. The minimum Gasteiger partial charge on any atom is -0.370 e. The lowest BCUT2D eigenvalue weighted by Gasteiger charge is -2.26. The van der Waals surface area contributed by atoms with E-state index < -0.39 is 12.7 Å². The Balaban J connectivity index is 2.87. The molecule has 0 radical (unpaired) electrons. The number of aromatic nitrogens is 2. The van der Waals surface area contributed by atoms with E-state index in [-0.39, 0.29) is 12.6 Å². The summed E-state index contributed by atoms with van der Waals surface area (Å²) in [5, 5.41) is 3.05.